The summed E-state index contributed by atoms with van der Waals surface area (Å²) in [5.41, 5.74) is 2.90. The molecule has 1 aliphatic heterocycles. The standard InChI is InChI=1S/C24H22N2O5S2/c1-16-8-11-19(12-9-16)33(29,30)26-24-23(20-14-18(31-2)10-13-22(20)25-24)21(15-32(26,27)28)17-6-4-3-5-7-17/h3-14,21,25H,15H2,1-2H3. The number of rotatable bonds is 4. The zero-order valence-corrected chi connectivity index (χ0v) is 19.7. The van der Waals surface area contributed by atoms with Gasteiger partial charge in [0.15, 0.2) is 0 Å². The molecule has 1 aliphatic rings. The van der Waals surface area contributed by atoms with Crippen LogP contribution in [0, 0.1) is 6.92 Å². The molecule has 9 heteroatoms. The average molecular weight is 483 g/mol. The molecule has 0 spiro atoms. The van der Waals surface area contributed by atoms with Gasteiger partial charge in [0.25, 0.3) is 20.0 Å². The zero-order valence-electron chi connectivity index (χ0n) is 18.0. The number of hydrogen-bond donors (Lipinski definition) is 1. The van der Waals surface area contributed by atoms with Crippen molar-refractivity contribution >= 4 is 36.8 Å². The van der Waals surface area contributed by atoms with Gasteiger partial charge in [-0.3, -0.25) is 0 Å². The second-order valence-corrected chi connectivity index (χ2v) is 11.9. The minimum Gasteiger partial charge on any atom is -0.497 e. The number of aryl methyl sites for hydroxylation is 1. The number of hydrogen-bond acceptors (Lipinski definition) is 5. The quantitative estimate of drug-likeness (QED) is 0.471. The molecular formula is C24H22N2O5S2. The molecule has 3 aromatic carbocycles. The topological polar surface area (TPSA) is 96.5 Å². The predicted octanol–water partition coefficient (Wildman–Crippen LogP) is 4.16. The summed E-state index contributed by atoms with van der Waals surface area (Å²) in [7, 11) is -7.07. The Labute approximate surface area is 192 Å². The first kappa shape index (κ1) is 21.5. The van der Waals surface area contributed by atoms with E-state index in [9.17, 15) is 16.8 Å². The van der Waals surface area contributed by atoms with Crippen LogP contribution in [0.3, 0.4) is 0 Å². The first-order valence-corrected chi connectivity index (χ1v) is 13.4. The molecule has 1 atom stereocenters. The summed E-state index contributed by atoms with van der Waals surface area (Å²) in [4.78, 5) is 2.99. The van der Waals surface area contributed by atoms with Crippen LogP contribution in [0.5, 0.6) is 5.75 Å². The highest BCUT2D eigenvalue weighted by Crippen LogP contribution is 2.46. The highest BCUT2D eigenvalue weighted by molar-refractivity contribution is 8.10. The van der Waals surface area contributed by atoms with Crippen molar-refractivity contribution in [3.05, 3.63) is 89.5 Å². The van der Waals surface area contributed by atoms with Gasteiger partial charge in [0, 0.05) is 22.4 Å². The molecule has 0 saturated heterocycles. The highest BCUT2D eigenvalue weighted by Gasteiger charge is 2.46. The number of H-pyrrole nitrogens is 1. The third-order valence-electron chi connectivity index (χ3n) is 5.93. The van der Waals surface area contributed by atoms with Crippen LogP contribution in [-0.4, -0.2) is 34.7 Å². The van der Waals surface area contributed by atoms with E-state index in [1.54, 1.807) is 37.4 Å². The number of aromatic amines is 1. The second kappa shape index (κ2) is 7.64. The van der Waals surface area contributed by atoms with Crippen LogP contribution in [0.4, 0.5) is 5.82 Å². The Balaban J connectivity index is 1.82. The van der Waals surface area contributed by atoms with Crippen LogP contribution in [0.1, 0.15) is 22.6 Å². The summed E-state index contributed by atoms with van der Waals surface area (Å²) in [5.74, 6) is -0.285. The van der Waals surface area contributed by atoms with Crippen molar-refractivity contribution < 1.29 is 21.6 Å². The molecular weight excluding hydrogens is 460 g/mol. The van der Waals surface area contributed by atoms with Crippen LogP contribution in [0.15, 0.2) is 77.7 Å². The SMILES string of the molecule is COc1ccc2[nH]c3c(c2c1)C(c1ccccc1)CS(=O)(=O)N3S(=O)(=O)c1ccc(C)cc1. The van der Waals surface area contributed by atoms with Crippen LogP contribution in [-0.2, 0) is 20.0 Å². The molecule has 170 valence electrons. The lowest BCUT2D eigenvalue weighted by Gasteiger charge is -2.32. The highest BCUT2D eigenvalue weighted by atomic mass is 32.3. The van der Waals surface area contributed by atoms with Gasteiger partial charge in [-0.2, -0.15) is 8.42 Å². The Kier molecular flexibility index (Phi) is 4.98. The van der Waals surface area contributed by atoms with E-state index < -0.39 is 26.0 Å². The molecule has 7 nitrogen and oxygen atoms in total. The van der Waals surface area contributed by atoms with Gasteiger partial charge in [-0.25, -0.2) is 8.42 Å². The van der Waals surface area contributed by atoms with E-state index in [1.807, 2.05) is 37.3 Å². The maximum absolute atomic E-state index is 13.6. The minimum atomic E-state index is -4.39. The molecule has 0 saturated carbocycles. The molecule has 1 N–H and O–H groups in total. The number of anilines is 1. The Bertz CT molecular complexity index is 1560. The number of sulfonamides is 2. The van der Waals surface area contributed by atoms with E-state index in [4.69, 9.17) is 4.74 Å². The van der Waals surface area contributed by atoms with Gasteiger partial charge in [-0.1, -0.05) is 48.0 Å². The summed E-state index contributed by atoms with van der Waals surface area (Å²) >= 11 is 0. The number of ether oxygens (including phenoxy) is 1. The van der Waals surface area contributed by atoms with E-state index in [0.29, 0.717) is 20.5 Å². The molecule has 0 amide bonds. The van der Waals surface area contributed by atoms with Crippen molar-refractivity contribution in [1.82, 2.24) is 4.98 Å². The van der Waals surface area contributed by atoms with Gasteiger partial charge in [-0.15, -0.1) is 3.71 Å². The summed E-state index contributed by atoms with van der Waals surface area (Å²) in [5, 5.41) is 0.720. The fourth-order valence-corrected chi connectivity index (χ4v) is 8.36. The number of benzene rings is 3. The minimum absolute atomic E-state index is 0.0407. The first-order valence-electron chi connectivity index (χ1n) is 10.3. The maximum atomic E-state index is 13.6. The molecule has 0 bridgehead atoms. The Morgan fingerprint density at radius 2 is 1.70 bits per heavy atom. The number of aromatic nitrogens is 1. The van der Waals surface area contributed by atoms with Gasteiger partial charge in [0.2, 0.25) is 0 Å². The van der Waals surface area contributed by atoms with Crippen LogP contribution >= 0.6 is 0 Å². The summed E-state index contributed by atoms with van der Waals surface area (Å²) in [6.07, 6.45) is 0. The van der Waals surface area contributed by atoms with Crippen molar-refractivity contribution in [3.8, 4) is 5.75 Å². The smallest absolute Gasteiger partial charge is 0.278 e. The van der Waals surface area contributed by atoms with E-state index in [2.05, 4.69) is 4.98 Å². The predicted molar refractivity (Wildman–Crippen MR) is 128 cm³/mol. The maximum Gasteiger partial charge on any atom is 0.278 e. The molecule has 1 aromatic heterocycles. The van der Waals surface area contributed by atoms with Crippen LogP contribution in [0.25, 0.3) is 10.9 Å². The van der Waals surface area contributed by atoms with Crippen molar-refractivity contribution in [3.63, 3.8) is 0 Å². The summed E-state index contributed by atoms with van der Waals surface area (Å²) in [6.45, 7) is 1.83. The van der Waals surface area contributed by atoms with Crippen molar-refractivity contribution in [2.45, 2.75) is 17.7 Å². The van der Waals surface area contributed by atoms with E-state index in [-0.39, 0.29) is 16.5 Å². The van der Waals surface area contributed by atoms with E-state index in [0.717, 1.165) is 16.5 Å². The Hall–Kier alpha value is -3.30. The van der Waals surface area contributed by atoms with Gasteiger partial charge < -0.3 is 9.72 Å². The Morgan fingerprint density at radius 3 is 2.36 bits per heavy atom. The fraction of sp³-hybridized carbons (Fsp3) is 0.167. The molecule has 0 radical (unpaired) electrons. The van der Waals surface area contributed by atoms with Gasteiger partial charge in [0.1, 0.15) is 11.6 Å². The third kappa shape index (κ3) is 3.48. The van der Waals surface area contributed by atoms with Gasteiger partial charge in [-0.05, 0) is 42.8 Å². The summed E-state index contributed by atoms with van der Waals surface area (Å²) < 4.78 is 60.2. The number of fused-ring (bicyclic) bond motifs is 3. The second-order valence-electron chi connectivity index (χ2n) is 8.06. The number of nitrogens with zero attached hydrogens (tertiary/aromatic N) is 1. The molecule has 0 fully saturated rings. The number of methoxy groups -OCH3 is 1. The number of nitrogens with one attached hydrogen (secondary N) is 1. The lowest BCUT2D eigenvalue weighted by atomic mass is 9.91. The van der Waals surface area contributed by atoms with Crippen molar-refractivity contribution in [1.29, 1.82) is 0 Å². The Morgan fingerprint density at radius 1 is 1.00 bits per heavy atom. The lowest BCUT2D eigenvalue weighted by Crippen LogP contribution is -2.43. The summed E-state index contributed by atoms with van der Waals surface area (Å²) in [6, 6.07) is 20.7. The van der Waals surface area contributed by atoms with Gasteiger partial charge >= 0.3 is 0 Å². The molecule has 4 aromatic rings. The van der Waals surface area contributed by atoms with Crippen LogP contribution < -0.4 is 8.45 Å². The molecule has 0 aliphatic carbocycles. The average Bonchev–Trinajstić information content (AvgIpc) is 3.16. The largest absolute Gasteiger partial charge is 0.497 e. The zero-order chi connectivity index (χ0) is 23.4. The van der Waals surface area contributed by atoms with Crippen molar-refractivity contribution in [2.24, 2.45) is 0 Å². The normalized spacial score (nSPS) is 17.6. The monoisotopic (exact) mass is 482 g/mol. The first-order chi connectivity index (χ1) is 15.7. The van der Waals surface area contributed by atoms with Crippen LogP contribution in [0.2, 0.25) is 0 Å². The van der Waals surface area contributed by atoms with E-state index >= 15 is 0 Å². The molecule has 1 unspecified atom stereocenters. The van der Waals surface area contributed by atoms with Gasteiger partial charge in [0.05, 0.1) is 17.8 Å². The molecule has 33 heavy (non-hydrogen) atoms. The van der Waals surface area contributed by atoms with E-state index in [1.165, 1.54) is 12.1 Å². The van der Waals surface area contributed by atoms with Crippen molar-refractivity contribution in [2.75, 3.05) is 16.6 Å². The molecule has 5 rings (SSSR count). The lowest BCUT2D eigenvalue weighted by molar-refractivity contribution is 0.415. The fourth-order valence-electron chi connectivity index (χ4n) is 4.33. The molecule has 2 heterocycles. The third-order valence-corrected chi connectivity index (χ3v) is 10.1.